The van der Waals surface area contributed by atoms with Gasteiger partial charge in [-0.2, -0.15) is 0 Å². The largest absolute Gasteiger partial charge is 0.381 e. The first kappa shape index (κ1) is 16.0. The van der Waals surface area contributed by atoms with Crippen LogP contribution in [0.25, 0.3) is 10.3 Å². The Bertz CT molecular complexity index is 694. The molecule has 0 spiro atoms. The summed E-state index contributed by atoms with van der Waals surface area (Å²) in [5.74, 6) is 2.29. The molecule has 2 aromatic rings. The van der Waals surface area contributed by atoms with Gasteiger partial charge in [-0.25, -0.2) is 9.97 Å². The normalized spacial score (nSPS) is 17.1. The van der Waals surface area contributed by atoms with Crippen LogP contribution < -0.4 is 5.73 Å². The molecule has 1 aliphatic rings. The van der Waals surface area contributed by atoms with E-state index < -0.39 is 0 Å². The highest BCUT2D eigenvalue weighted by Crippen LogP contribution is 2.39. The Balaban J connectivity index is 1.91. The molecule has 0 saturated carbocycles. The lowest BCUT2D eigenvalue weighted by Gasteiger charge is -2.29. The van der Waals surface area contributed by atoms with Gasteiger partial charge in [0.05, 0.1) is 12.2 Å². The van der Waals surface area contributed by atoms with E-state index in [1.807, 2.05) is 0 Å². The Hall–Kier alpha value is -0.850. The van der Waals surface area contributed by atoms with E-state index in [9.17, 15) is 0 Å². The lowest BCUT2D eigenvalue weighted by molar-refractivity contribution is -0.0379. The van der Waals surface area contributed by atoms with Crippen LogP contribution in [0.4, 0.5) is 5.82 Å². The number of nitrogens with zero attached hydrogens (tertiary/aromatic N) is 2. The molecule has 1 aliphatic heterocycles. The number of hydrogen-bond donors (Lipinski definition) is 1. The summed E-state index contributed by atoms with van der Waals surface area (Å²) in [5, 5.41) is 0.868. The molecule has 120 valence electrons. The molecule has 0 unspecified atom stereocenters. The van der Waals surface area contributed by atoms with Gasteiger partial charge in [0, 0.05) is 11.3 Å². The highest BCUT2D eigenvalue weighted by molar-refractivity contribution is 7.99. The second-order valence-electron chi connectivity index (χ2n) is 6.83. The van der Waals surface area contributed by atoms with Gasteiger partial charge in [-0.05, 0) is 37.5 Å². The van der Waals surface area contributed by atoms with Crippen LogP contribution in [0.15, 0.2) is 5.03 Å². The van der Waals surface area contributed by atoms with Crippen molar-refractivity contribution in [1.82, 2.24) is 9.97 Å². The fourth-order valence-corrected chi connectivity index (χ4v) is 4.77. The highest BCUT2D eigenvalue weighted by atomic mass is 32.2. The molecule has 4 nitrogen and oxygen atoms in total. The van der Waals surface area contributed by atoms with Crippen LogP contribution in [-0.2, 0) is 17.8 Å². The van der Waals surface area contributed by atoms with E-state index in [2.05, 4.69) is 32.7 Å². The molecular formula is C16H23N3OS2. The van der Waals surface area contributed by atoms with Crippen LogP contribution in [0.2, 0.25) is 0 Å². The zero-order valence-corrected chi connectivity index (χ0v) is 15.2. The number of aromatic nitrogens is 2. The van der Waals surface area contributed by atoms with E-state index in [0.717, 1.165) is 34.0 Å². The topological polar surface area (TPSA) is 61.0 Å². The molecule has 0 fully saturated rings. The number of thioether (sulfide) groups is 1. The molecule has 0 atom stereocenters. The van der Waals surface area contributed by atoms with E-state index >= 15 is 0 Å². The lowest BCUT2D eigenvalue weighted by atomic mass is 9.96. The van der Waals surface area contributed by atoms with Crippen molar-refractivity contribution in [2.45, 2.75) is 57.8 Å². The van der Waals surface area contributed by atoms with Crippen molar-refractivity contribution in [3.63, 3.8) is 0 Å². The Morgan fingerprint density at radius 3 is 2.86 bits per heavy atom. The second kappa shape index (κ2) is 5.98. The monoisotopic (exact) mass is 337 g/mol. The first-order chi connectivity index (χ1) is 10.4. The maximum Gasteiger partial charge on any atom is 0.156 e. The molecule has 2 aromatic heterocycles. The molecule has 6 heteroatoms. The van der Waals surface area contributed by atoms with Gasteiger partial charge in [0.1, 0.15) is 15.4 Å². The summed E-state index contributed by atoms with van der Waals surface area (Å²) in [6.45, 7) is 9.35. The summed E-state index contributed by atoms with van der Waals surface area (Å²) in [4.78, 5) is 11.7. The summed E-state index contributed by atoms with van der Waals surface area (Å²) in [5.41, 5.74) is 8.25. The summed E-state index contributed by atoms with van der Waals surface area (Å²) < 4.78 is 5.89. The van der Waals surface area contributed by atoms with E-state index in [0.29, 0.717) is 18.3 Å². The van der Waals surface area contributed by atoms with E-state index in [1.54, 1.807) is 23.1 Å². The fourth-order valence-electron chi connectivity index (χ4n) is 2.53. The fraction of sp³-hybridized carbons (Fsp3) is 0.625. The van der Waals surface area contributed by atoms with Gasteiger partial charge in [-0.3, -0.25) is 0 Å². The number of rotatable bonds is 4. The Morgan fingerprint density at radius 2 is 2.14 bits per heavy atom. The van der Waals surface area contributed by atoms with Gasteiger partial charge in [0.25, 0.3) is 0 Å². The predicted molar refractivity (Wildman–Crippen MR) is 94.6 cm³/mol. The van der Waals surface area contributed by atoms with Gasteiger partial charge in [-0.15, -0.1) is 23.1 Å². The van der Waals surface area contributed by atoms with Crippen molar-refractivity contribution in [3.8, 4) is 0 Å². The van der Waals surface area contributed by atoms with E-state index in [4.69, 9.17) is 15.5 Å². The molecule has 0 bridgehead atoms. The first-order valence-electron chi connectivity index (χ1n) is 7.70. The number of nitrogen functional groups attached to an aromatic ring is 1. The van der Waals surface area contributed by atoms with Crippen molar-refractivity contribution < 1.29 is 4.74 Å². The van der Waals surface area contributed by atoms with E-state index in [1.165, 1.54) is 10.4 Å². The van der Waals surface area contributed by atoms with Crippen molar-refractivity contribution >= 4 is 39.3 Å². The molecule has 2 N–H and O–H groups in total. The molecule has 0 amide bonds. The van der Waals surface area contributed by atoms with Crippen molar-refractivity contribution in [1.29, 1.82) is 0 Å². The Kier molecular flexibility index (Phi) is 4.36. The average Bonchev–Trinajstić information content (AvgIpc) is 2.75. The SMILES string of the molecule is CC(C)CCSc1nc2sc3c(c2nc1N)CC(C)(C)OC3. The third-order valence-corrected chi connectivity index (χ3v) is 5.93. The molecule has 0 aromatic carbocycles. The van der Waals surface area contributed by atoms with Crippen LogP contribution in [0, 0.1) is 5.92 Å². The molecule has 3 heterocycles. The standard InChI is InChI=1S/C16H23N3OS2/c1-9(2)5-6-21-15-13(17)18-12-10-7-16(3,4)20-8-11(10)22-14(12)19-15/h9H,5-8H2,1-4H3,(H2,17,18). The maximum atomic E-state index is 6.14. The van der Waals surface area contributed by atoms with Crippen molar-refractivity contribution in [3.05, 3.63) is 10.4 Å². The van der Waals surface area contributed by atoms with E-state index in [-0.39, 0.29) is 5.60 Å². The molecule has 0 aliphatic carbocycles. The zero-order valence-electron chi connectivity index (χ0n) is 13.6. The molecular weight excluding hydrogens is 314 g/mol. The van der Waals surface area contributed by atoms with Crippen LogP contribution in [0.5, 0.6) is 0 Å². The minimum atomic E-state index is -0.137. The number of anilines is 1. The Morgan fingerprint density at radius 1 is 1.36 bits per heavy atom. The third kappa shape index (κ3) is 3.24. The summed E-state index contributed by atoms with van der Waals surface area (Å²) in [6, 6.07) is 0. The summed E-state index contributed by atoms with van der Waals surface area (Å²) in [7, 11) is 0. The van der Waals surface area contributed by atoms with Gasteiger partial charge in [0.2, 0.25) is 0 Å². The first-order valence-corrected chi connectivity index (χ1v) is 9.50. The van der Waals surface area contributed by atoms with Crippen molar-refractivity contribution in [2.24, 2.45) is 5.92 Å². The van der Waals surface area contributed by atoms with Gasteiger partial charge in [0.15, 0.2) is 5.82 Å². The number of fused-ring (bicyclic) bond motifs is 3. The zero-order chi connectivity index (χ0) is 15.9. The molecule has 22 heavy (non-hydrogen) atoms. The van der Waals surface area contributed by atoms with Gasteiger partial charge < -0.3 is 10.5 Å². The van der Waals surface area contributed by atoms with Crippen LogP contribution in [0.3, 0.4) is 0 Å². The summed E-state index contributed by atoms with van der Waals surface area (Å²) >= 11 is 3.41. The smallest absolute Gasteiger partial charge is 0.156 e. The predicted octanol–water partition coefficient (Wildman–Crippen LogP) is 4.26. The van der Waals surface area contributed by atoms with Crippen LogP contribution in [0.1, 0.15) is 44.6 Å². The number of nitrogens with two attached hydrogens (primary N) is 1. The van der Waals surface area contributed by atoms with Gasteiger partial charge >= 0.3 is 0 Å². The number of hydrogen-bond acceptors (Lipinski definition) is 6. The van der Waals surface area contributed by atoms with Crippen LogP contribution >= 0.6 is 23.1 Å². The van der Waals surface area contributed by atoms with Crippen LogP contribution in [-0.4, -0.2) is 21.3 Å². The minimum Gasteiger partial charge on any atom is -0.381 e. The second-order valence-corrected chi connectivity index (χ2v) is 8.99. The summed E-state index contributed by atoms with van der Waals surface area (Å²) in [6.07, 6.45) is 2.03. The van der Waals surface area contributed by atoms with Gasteiger partial charge in [-0.1, -0.05) is 13.8 Å². The van der Waals surface area contributed by atoms with Crippen molar-refractivity contribution in [2.75, 3.05) is 11.5 Å². The quantitative estimate of drug-likeness (QED) is 0.845. The molecule has 0 saturated heterocycles. The maximum absolute atomic E-state index is 6.14. The minimum absolute atomic E-state index is 0.137. The number of ether oxygens (including phenoxy) is 1. The molecule has 0 radical (unpaired) electrons. The average molecular weight is 338 g/mol. The molecule has 3 rings (SSSR count). The lowest BCUT2D eigenvalue weighted by Crippen LogP contribution is -2.31. The third-order valence-electron chi connectivity index (χ3n) is 3.83. The Labute approximate surface area is 139 Å². The highest BCUT2D eigenvalue weighted by Gasteiger charge is 2.30. The number of thiophene rings is 1.